The zero-order valence-corrected chi connectivity index (χ0v) is 11.4. The molecule has 0 aliphatic carbocycles. The summed E-state index contributed by atoms with van der Waals surface area (Å²) in [6, 6.07) is 14.9. The maximum atomic E-state index is 6.34. The minimum Gasteiger partial charge on any atom is -0.398 e. The molecule has 2 aromatic rings. The Labute approximate surface area is 110 Å². The molecule has 0 heterocycles. The van der Waals surface area contributed by atoms with Crippen molar-refractivity contribution in [2.45, 2.75) is 33.1 Å². The lowest BCUT2D eigenvalue weighted by Crippen LogP contribution is -2.01. The van der Waals surface area contributed by atoms with Crippen LogP contribution < -0.4 is 5.73 Å². The Morgan fingerprint density at radius 1 is 1.06 bits per heavy atom. The predicted molar refractivity (Wildman–Crippen MR) is 79.8 cm³/mol. The van der Waals surface area contributed by atoms with Gasteiger partial charge in [0.2, 0.25) is 0 Å². The second-order valence-corrected chi connectivity index (χ2v) is 5.02. The fraction of sp³-hybridized carbons (Fsp3) is 0.294. The van der Waals surface area contributed by atoms with Crippen LogP contribution in [0.3, 0.4) is 0 Å². The predicted octanol–water partition coefficient (Wildman–Crippen LogP) is 4.62. The molecule has 2 rings (SSSR count). The molecule has 1 heteroatoms. The highest BCUT2D eigenvalue weighted by Crippen LogP contribution is 2.33. The van der Waals surface area contributed by atoms with Crippen molar-refractivity contribution < 1.29 is 0 Å². The second kappa shape index (κ2) is 5.26. The van der Waals surface area contributed by atoms with Gasteiger partial charge in [-0.05, 0) is 35.1 Å². The maximum Gasteiger partial charge on any atom is 0.0429 e. The van der Waals surface area contributed by atoms with E-state index in [0.29, 0.717) is 5.92 Å². The van der Waals surface area contributed by atoms with Crippen LogP contribution in [0.1, 0.15) is 37.8 Å². The Kier molecular flexibility index (Phi) is 3.71. The highest BCUT2D eigenvalue weighted by Gasteiger charge is 2.11. The summed E-state index contributed by atoms with van der Waals surface area (Å²) >= 11 is 0. The van der Waals surface area contributed by atoms with Crippen molar-refractivity contribution in [2.24, 2.45) is 0 Å². The summed E-state index contributed by atoms with van der Waals surface area (Å²) in [5.41, 5.74) is 12.2. The van der Waals surface area contributed by atoms with E-state index in [9.17, 15) is 0 Å². The minimum atomic E-state index is 0.457. The number of nitrogens with two attached hydrogens (primary N) is 1. The van der Waals surface area contributed by atoms with Gasteiger partial charge in [0.1, 0.15) is 0 Å². The van der Waals surface area contributed by atoms with Crippen LogP contribution in [0.2, 0.25) is 0 Å². The van der Waals surface area contributed by atoms with Crippen LogP contribution in [0.15, 0.2) is 42.5 Å². The van der Waals surface area contributed by atoms with Crippen molar-refractivity contribution in [3.8, 4) is 11.1 Å². The third-order valence-corrected chi connectivity index (χ3v) is 3.39. The minimum absolute atomic E-state index is 0.457. The molecule has 0 aliphatic rings. The first kappa shape index (κ1) is 12.7. The SMILES string of the molecule is CCc1cc(-c2ccccc2)c(N)c(C(C)C)c1. The summed E-state index contributed by atoms with van der Waals surface area (Å²) in [5, 5.41) is 0. The zero-order valence-electron chi connectivity index (χ0n) is 11.4. The van der Waals surface area contributed by atoms with Crippen molar-refractivity contribution >= 4 is 5.69 Å². The Balaban J connectivity index is 2.63. The molecule has 0 spiro atoms. The third-order valence-electron chi connectivity index (χ3n) is 3.39. The largest absolute Gasteiger partial charge is 0.398 e. The Morgan fingerprint density at radius 3 is 2.28 bits per heavy atom. The van der Waals surface area contributed by atoms with E-state index in [-0.39, 0.29) is 0 Å². The summed E-state index contributed by atoms with van der Waals surface area (Å²) in [6.45, 7) is 6.57. The van der Waals surface area contributed by atoms with E-state index in [2.05, 4.69) is 57.2 Å². The van der Waals surface area contributed by atoms with Gasteiger partial charge in [-0.25, -0.2) is 0 Å². The van der Waals surface area contributed by atoms with Crippen LogP contribution in [0, 0.1) is 0 Å². The number of hydrogen-bond acceptors (Lipinski definition) is 1. The van der Waals surface area contributed by atoms with E-state index in [4.69, 9.17) is 5.73 Å². The molecule has 2 aromatic carbocycles. The highest BCUT2D eigenvalue weighted by molar-refractivity contribution is 5.79. The maximum absolute atomic E-state index is 6.34. The van der Waals surface area contributed by atoms with Crippen LogP contribution in [-0.4, -0.2) is 0 Å². The molecule has 0 bridgehead atoms. The molecule has 0 aliphatic heterocycles. The average Bonchev–Trinajstić information content (AvgIpc) is 2.39. The molecular formula is C17H21N. The number of nitrogen functional groups attached to an aromatic ring is 1. The number of hydrogen-bond donors (Lipinski definition) is 1. The van der Waals surface area contributed by atoms with Gasteiger partial charge in [0, 0.05) is 11.3 Å². The van der Waals surface area contributed by atoms with Crippen molar-refractivity contribution in [3.05, 3.63) is 53.6 Å². The Bertz CT molecular complexity index is 527. The van der Waals surface area contributed by atoms with Crippen LogP contribution in [-0.2, 0) is 6.42 Å². The molecule has 0 atom stereocenters. The van der Waals surface area contributed by atoms with Gasteiger partial charge in [-0.1, -0.05) is 57.2 Å². The van der Waals surface area contributed by atoms with Crippen molar-refractivity contribution in [1.82, 2.24) is 0 Å². The number of anilines is 1. The van der Waals surface area contributed by atoms with E-state index in [1.54, 1.807) is 0 Å². The standard InChI is InChI=1S/C17H21N/c1-4-13-10-15(12(2)3)17(18)16(11-13)14-8-6-5-7-9-14/h5-12H,4,18H2,1-3H3. The molecular weight excluding hydrogens is 218 g/mol. The van der Waals surface area contributed by atoms with Gasteiger partial charge in [0.25, 0.3) is 0 Å². The van der Waals surface area contributed by atoms with Gasteiger partial charge in [-0.3, -0.25) is 0 Å². The quantitative estimate of drug-likeness (QED) is 0.777. The number of rotatable bonds is 3. The molecule has 0 saturated heterocycles. The monoisotopic (exact) mass is 239 g/mol. The molecule has 94 valence electrons. The molecule has 2 N–H and O–H groups in total. The van der Waals surface area contributed by atoms with Gasteiger partial charge >= 0.3 is 0 Å². The fourth-order valence-electron chi connectivity index (χ4n) is 2.28. The fourth-order valence-corrected chi connectivity index (χ4v) is 2.28. The zero-order chi connectivity index (χ0) is 13.1. The first-order valence-corrected chi connectivity index (χ1v) is 6.61. The van der Waals surface area contributed by atoms with E-state index < -0.39 is 0 Å². The van der Waals surface area contributed by atoms with Crippen LogP contribution in [0.5, 0.6) is 0 Å². The smallest absolute Gasteiger partial charge is 0.0429 e. The van der Waals surface area contributed by atoms with Gasteiger partial charge in [0.15, 0.2) is 0 Å². The average molecular weight is 239 g/mol. The van der Waals surface area contributed by atoms with E-state index in [1.165, 1.54) is 22.3 Å². The first-order chi connectivity index (χ1) is 8.63. The lowest BCUT2D eigenvalue weighted by Gasteiger charge is -2.16. The van der Waals surface area contributed by atoms with Crippen molar-refractivity contribution in [1.29, 1.82) is 0 Å². The second-order valence-electron chi connectivity index (χ2n) is 5.02. The Hall–Kier alpha value is -1.76. The molecule has 0 radical (unpaired) electrons. The summed E-state index contributed by atoms with van der Waals surface area (Å²) in [7, 11) is 0. The molecule has 1 nitrogen and oxygen atoms in total. The highest BCUT2D eigenvalue weighted by atomic mass is 14.6. The van der Waals surface area contributed by atoms with Crippen molar-refractivity contribution in [3.63, 3.8) is 0 Å². The summed E-state index contributed by atoms with van der Waals surface area (Å²) in [6.07, 6.45) is 1.04. The van der Waals surface area contributed by atoms with Gasteiger partial charge in [-0.2, -0.15) is 0 Å². The molecule has 0 aromatic heterocycles. The van der Waals surface area contributed by atoms with Gasteiger partial charge < -0.3 is 5.73 Å². The molecule has 0 fully saturated rings. The van der Waals surface area contributed by atoms with Crippen LogP contribution in [0.25, 0.3) is 11.1 Å². The van der Waals surface area contributed by atoms with Gasteiger partial charge in [0.05, 0.1) is 0 Å². The van der Waals surface area contributed by atoms with E-state index in [1.807, 2.05) is 6.07 Å². The molecule has 0 saturated carbocycles. The van der Waals surface area contributed by atoms with Crippen LogP contribution >= 0.6 is 0 Å². The summed E-state index contributed by atoms with van der Waals surface area (Å²) in [4.78, 5) is 0. The third kappa shape index (κ3) is 2.40. The van der Waals surface area contributed by atoms with Crippen molar-refractivity contribution in [2.75, 3.05) is 5.73 Å². The number of aryl methyl sites for hydroxylation is 1. The lowest BCUT2D eigenvalue weighted by molar-refractivity contribution is 0.866. The molecule has 18 heavy (non-hydrogen) atoms. The normalized spacial score (nSPS) is 10.9. The van der Waals surface area contributed by atoms with Crippen LogP contribution in [0.4, 0.5) is 5.69 Å². The van der Waals surface area contributed by atoms with E-state index in [0.717, 1.165) is 12.1 Å². The summed E-state index contributed by atoms with van der Waals surface area (Å²) in [5.74, 6) is 0.457. The Morgan fingerprint density at radius 2 is 1.72 bits per heavy atom. The molecule has 0 unspecified atom stereocenters. The first-order valence-electron chi connectivity index (χ1n) is 6.61. The summed E-state index contributed by atoms with van der Waals surface area (Å²) < 4.78 is 0. The lowest BCUT2D eigenvalue weighted by atomic mass is 9.91. The van der Waals surface area contributed by atoms with Gasteiger partial charge in [-0.15, -0.1) is 0 Å². The van der Waals surface area contributed by atoms with E-state index >= 15 is 0 Å². The molecule has 0 amide bonds. The number of benzene rings is 2. The topological polar surface area (TPSA) is 26.0 Å².